The molecule has 2 aromatic rings. The molecule has 2 N–H and O–H groups in total. The summed E-state index contributed by atoms with van der Waals surface area (Å²) in [7, 11) is 1.58. The number of aromatic carboxylic acids is 1. The third-order valence-corrected chi connectivity index (χ3v) is 2.97. The van der Waals surface area contributed by atoms with E-state index in [0.29, 0.717) is 11.9 Å². The largest absolute Gasteiger partial charge is 0.478 e. The summed E-state index contributed by atoms with van der Waals surface area (Å²) in [6.07, 6.45) is 0.675. The molecule has 6 nitrogen and oxygen atoms in total. The Morgan fingerprint density at radius 1 is 1.42 bits per heavy atom. The summed E-state index contributed by atoms with van der Waals surface area (Å²) in [5.74, 6) is -0.335. The SMILES string of the molecule is CCc1nc2cc(C(=O)O)ccc2n1CC(=O)NC. The van der Waals surface area contributed by atoms with E-state index in [1.54, 1.807) is 17.7 Å². The molecular formula is C13H15N3O3. The van der Waals surface area contributed by atoms with Crippen molar-refractivity contribution in [2.45, 2.75) is 19.9 Å². The Labute approximate surface area is 110 Å². The molecule has 0 radical (unpaired) electrons. The monoisotopic (exact) mass is 261 g/mol. The van der Waals surface area contributed by atoms with Crippen molar-refractivity contribution in [1.29, 1.82) is 0 Å². The van der Waals surface area contributed by atoms with Crippen molar-refractivity contribution in [3.8, 4) is 0 Å². The second kappa shape index (κ2) is 5.09. The Hall–Kier alpha value is -2.37. The average Bonchev–Trinajstić information content (AvgIpc) is 2.75. The fourth-order valence-electron chi connectivity index (χ4n) is 1.98. The fraction of sp³-hybridized carbons (Fsp3) is 0.308. The molecule has 1 heterocycles. The Bertz CT molecular complexity index is 646. The summed E-state index contributed by atoms with van der Waals surface area (Å²) in [6.45, 7) is 2.13. The number of likely N-dealkylation sites (N-methyl/N-ethyl adjacent to an activating group) is 1. The second-order valence-corrected chi connectivity index (χ2v) is 4.15. The Morgan fingerprint density at radius 3 is 2.74 bits per heavy atom. The van der Waals surface area contributed by atoms with E-state index in [-0.39, 0.29) is 18.0 Å². The molecule has 0 aliphatic carbocycles. The first kappa shape index (κ1) is 13.1. The van der Waals surface area contributed by atoms with Crippen LogP contribution in [0.3, 0.4) is 0 Å². The zero-order chi connectivity index (χ0) is 14.0. The number of carboxylic acid groups (broad SMARTS) is 1. The molecule has 0 saturated heterocycles. The summed E-state index contributed by atoms with van der Waals surface area (Å²) in [5.41, 5.74) is 1.56. The van der Waals surface area contributed by atoms with Gasteiger partial charge in [0.1, 0.15) is 12.4 Å². The molecule has 2 rings (SSSR count). The van der Waals surface area contributed by atoms with Crippen LogP contribution in [0.5, 0.6) is 0 Å². The third kappa shape index (κ3) is 2.42. The van der Waals surface area contributed by atoms with Gasteiger partial charge in [0, 0.05) is 13.5 Å². The second-order valence-electron chi connectivity index (χ2n) is 4.15. The number of nitrogens with one attached hydrogen (secondary N) is 1. The quantitative estimate of drug-likeness (QED) is 0.861. The number of fused-ring (bicyclic) bond motifs is 1. The normalized spacial score (nSPS) is 10.6. The molecule has 0 bridgehead atoms. The van der Waals surface area contributed by atoms with Crippen molar-refractivity contribution in [3.05, 3.63) is 29.6 Å². The minimum Gasteiger partial charge on any atom is -0.478 e. The highest BCUT2D eigenvalue weighted by atomic mass is 16.4. The van der Waals surface area contributed by atoms with Crippen LogP contribution in [-0.4, -0.2) is 33.6 Å². The van der Waals surface area contributed by atoms with Crippen LogP contribution in [0.4, 0.5) is 0 Å². The summed E-state index contributed by atoms with van der Waals surface area (Å²) >= 11 is 0. The van der Waals surface area contributed by atoms with Crippen LogP contribution >= 0.6 is 0 Å². The molecule has 6 heteroatoms. The van der Waals surface area contributed by atoms with E-state index in [1.165, 1.54) is 12.1 Å². The number of carbonyl (C=O) groups excluding carboxylic acids is 1. The van der Waals surface area contributed by atoms with E-state index in [0.717, 1.165) is 11.3 Å². The zero-order valence-electron chi connectivity index (χ0n) is 10.8. The summed E-state index contributed by atoms with van der Waals surface area (Å²) in [5, 5.41) is 11.5. The third-order valence-electron chi connectivity index (χ3n) is 2.97. The lowest BCUT2D eigenvalue weighted by Crippen LogP contribution is -2.24. The van der Waals surface area contributed by atoms with Crippen molar-refractivity contribution >= 4 is 22.9 Å². The van der Waals surface area contributed by atoms with Crippen molar-refractivity contribution in [3.63, 3.8) is 0 Å². The topological polar surface area (TPSA) is 84.2 Å². The van der Waals surface area contributed by atoms with E-state index >= 15 is 0 Å². The minimum atomic E-state index is -0.985. The number of hydrogen-bond donors (Lipinski definition) is 2. The summed E-state index contributed by atoms with van der Waals surface area (Å²) in [4.78, 5) is 26.8. The van der Waals surface area contributed by atoms with Gasteiger partial charge in [-0.05, 0) is 18.2 Å². The van der Waals surface area contributed by atoms with E-state index in [4.69, 9.17) is 5.11 Å². The average molecular weight is 261 g/mol. The summed E-state index contributed by atoms with van der Waals surface area (Å²) < 4.78 is 1.81. The Balaban J connectivity index is 2.55. The van der Waals surface area contributed by atoms with Gasteiger partial charge in [-0.15, -0.1) is 0 Å². The van der Waals surface area contributed by atoms with Crippen LogP contribution in [0, 0.1) is 0 Å². The van der Waals surface area contributed by atoms with Gasteiger partial charge in [-0.2, -0.15) is 0 Å². The highest BCUT2D eigenvalue weighted by Crippen LogP contribution is 2.18. The molecule has 0 spiro atoms. The van der Waals surface area contributed by atoms with Crippen molar-refractivity contribution < 1.29 is 14.7 Å². The van der Waals surface area contributed by atoms with Crippen LogP contribution < -0.4 is 5.32 Å². The van der Waals surface area contributed by atoms with Gasteiger partial charge in [-0.1, -0.05) is 6.92 Å². The number of hydrogen-bond acceptors (Lipinski definition) is 3. The number of benzene rings is 1. The summed E-state index contributed by atoms with van der Waals surface area (Å²) in [6, 6.07) is 4.73. The van der Waals surface area contributed by atoms with E-state index in [1.807, 2.05) is 6.92 Å². The lowest BCUT2D eigenvalue weighted by Gasteiger charge is -2.06. The molecule has 1 amide bonds. The maximum absolute atomic E-state index is 11.5. The Morgan fingerprint density at radius 2 is 2.16 bits per heavy atom. The number of aryl methyl sites for hydroxylation is 1. The van der Waals surface area contributed by atoms with Gasteiger partial charge in [0.25, 0.3) is 0 Å². The van der Waals surface area contributed by atoms with Crippen molar-refractivity contribution in [2.24, 2.45) is 0 Å². The number of amides is 1. The first-order chi connectivity index (χ1) is 9.06. The molecule has 0 aliphatic rings. The van der Waals surface area contributed by atoms with Gasteiger partial charge < -0.3 is 15.0 Å². The number of nitrogens with zero attached hydrogens (tertiary/aromatic N) is 2. The van der Waals surface area contributed by atoms with Gasteiger partial charge in [-0.3, -0.25) is 4.79 Å². The highest BCUT2D eigenvalue weighted by molar-refractivity contribution is 5.92. The number of carbonyl (C=O) groups is 2. The van der Waals surface area contributed by atoms with E-state index in [2.05, 4.69) is 10.3 Å². The van der Waals surface area contributed by atoms with Gasteiger partial charge in [-0.25, -0.2) is 9.78 Å². The molecule has 0 unspecified atom stereocenters. The smallest absolute Gasteiger partial charge is 0.335 e. The fourth-order valence-corrected chi connectivity index (χ4v) is 1.98. The van der Waals surface area contributed by atoms with Crippen LogP contribution in [0.2, 0.25) is 0 Å². The van der Waals surface area contributed by atoms with Crippen LogP contribution in [0.15, 0.2) is 18.2 Å². The first-order valence-electron chi connectivity index (χ1n) is 5.99. The molecule has 0 atom stereocenters. The maximum atomic E-state index is 11.5. The van der Waals surface area contributed by atoms with Gasteiger partial charge in [0.05, 0.1) is 16.6 Å². The molecular weight excluding hydrogens is 246 g/mol. The van der Waals surface area contributed by atoms with Gasteiger partial charge in [0.2, 0.25) is 5.91 Å². The molecule has 1 aromatic carbocycles. The van der Waals surface area contributed by atoms with E-state index < -0.39 is 5.97 Å². The van der Waals surface area contributed by atoms with E-state index in [9.17, 15) is 9.59 Å². The predicted octanol–water partition coefficient (Wildman–Crippen LogP) is 1.04. The van der Waals surface area contributed by atoms with Crippen molar-refractivity contribution in [1.82, 2.24) is 14.9 Å². The number of imidazole rings is 1. The molecule has 0 saturated carbocycles. The number of carboxylic acids is 1. The molecule has 0 aliphatic heterocycles. The lowest BCUT2D eigenvalue weighted by atomic mass is 10.2. The molecule has 1 aromatic heterocycles. The van der Waals surface area contributed by atoms with Gasteiger partial charge in [0.15, 0.2) is 0 Å². The van der Waals surface area contributed by atoms with Crippen LogP contribution in [0.25, 0.3) is 11.0 Å². The minimum absolute atomic E-state index is 0.115. The van der Waals surface area contributed by atoms with Crippen LogP contribution in [-0.2, 0) is 17.8 Å². The lowest BCUT2D eigenvalue weighted by molar-refractivity contribution is -0.121. The number of rotatable bonds is 4. The maximum Gasteiger partial charge on any atom is 0.335 e. The molecule has 100 valence electrons. The highest BCUT2D eigenvalue weighted by Gasteiger charge is 2.13. The first-order valence-corrected chi connectivity index (χ1v) is 5.99. The zero-order valence-corrected chi connectivity index (χ0v) is 10.8. The Kier molecular flexibility index (Phi) is 3.50. The van der Waals surface area contributed by atoms with Crippen LogP contribution in [0.1, 0.15) is 23.1 Å². The predicted molar refractivity (Wildman–Crippen MR) is 70.1 cm³/mol. The van der Waals surface area contributed by atoms with Crippen molar-refractivity contribution in [2.75, 3.05) is 7.05 Å². The molecule has 19 heavy (non-hydrogen) atoms. The van der Waals surface area contributed by atoms with Gasteiger partial charge >= 0.3 is 5.97 Å². The standard InChI is InChI=1S/C13H15N3O3/c1-3-11-15-9-6-8(13(18)19)4-5-10(9)16(11)7-12(17)14-2/h4-6H,3,7H2,1-2H3,(H,14,17)(H,18,19). The number of aromatic nitrogens is 2. The molecule has 0 fully saturated rings.